The first-order chi connectivity index (χ1) is 21.2. The number of nitrogens with one attached hydrogen (secondary N) is 1. The summed E-state index contributed by atoms with van der Waals surface area (Å²) >= 11 is 2.69. The van der Waals surface area contributed by atoms with Crippen LogP contribution in [0.1, 0.15) is 68.2 Å². The van der Waals surface area contributed by atoms with Gasteiger partial charge >= 0.3 is 5.97 Å². The molecule has 4 rings (SSSR count). The number of rotatable bonds is 13. The van der Waals surface area contributed by atoms with Crippen molar-refractivity contribution in [2.45, 2.75) is 95.4 Å². The van der Waals surface area contributed by atoms with Gasteiger partial charge < -0.3 is 29.2 Å². The molecule has 1 fully saturated rings. The molecule has 0 atom stereocenters. The van der Waals surface area contributed by atoms with E-state index >= 15 is 0 Å². The third-order valence-electron chi connectivity index (χ3n) is 9.25. The molecule has 246 valence electrons. The van der Waals surface area contributed by atoms with Gasteiger partial charge in [0.1, 0.15) is 11.9 Å². The highest BCUT2D eigenvalue weighted by atomic mass is 32.1. The van der Waals surface area contributed by atoms with Crippen LogP contribution in [-0.2, 0) is 31.0 Å². The topological polar surface area (TPSA) is 97.3 Å². The second-order valence-corrected chi connectivity index (χ2v) is 20.1. The summed E-state index contributed by atoms with van der Waals surface area (Å²) in [5.74, 6) is 0.0252. The van der Waals surface area contributed by atoms with Gasteiger partial charge in [-0.3, -0.25) is 4.79 Å². The first-order valence-corrected chi connectivity index (χ1v) is 20.2. The zero-order valence-corrected chi connectivity index (χ0v) is 30.2. The molecule has 1 aliphatic rings. The predicted octanol–water partition coefficient (Wildman–Crippen LogP) is 7.39. The van der Waals surface area contributed by atoms with Crippen molar-refractivity contribution < 1.29 is 28.6 Å². The number of amides is 1. The average Bonchev–Trinajstić information content (AvgIpc) is 3.74. The molecule has 0 bridgehead atoms. The summed E-state index contributed by atoms with van der Waals surface area (Å²) in [5, 5.41) is 18.3. The summed E-state index contributed by atoms with van der Waals surface area (Å²) in [6.45, 7) is 12.2. The molecule has 1 aliphatic carbocycles. The molecule has 0 radical (unpaired) electrons. The fraction of sp³-hybridized carbons (Fsp3) is 0.529. The first-order valence-electron chi connectivity index (χ1n) is 15.6. The Morgan fingerprint density at radius 2 is 1.64 bits per heavy atom. The Morgan fingerprint density at radius 1 is 1.02 bits per heavy atom. The summed E-state index contributed by atoms with van der Waals surface area (Å²) in [5.41, 5.74) is -0.126. The SMILES string of the molecule is COc1cc(NC(=O)CCN(C)[C@H]2CC[C@H](OC(=O)C(O)(c3cccs3)c3cccs3)CC2)ccc1CO[Si](C)(C)C(C)(C)C. The monoisotopic (exact) mass is 672 g/mol. The quantitative estimate of drug-likeness (QED) is 0.144. The van der Waals surface area contributed by atoms with Crippen molar-refractivity contribution in [2.75, 3.05) is 26.0 Å². The minimum Gasteiger partial charge on any atom is -0.496 e. The van der Waals surface area contributed by atoms with Gasteiger partial charge in [-0.15, -0.1) is 22.7 Å². The van der Waals surface area contributed by atoms with Crippen LogP contribution in [0.3, 0.4) is 0 Å². The minimum absolute atomic E-state index is 0.0572. The molecule has 11 heteroatoms. The van der Waals surface area contributed by atoms with Gasteiger partial charge in [0, 0.05) is 36.3 Å². The highest BCUT2D eigenvalue weighted by molar-refractivity contribution is 7.12. The second-order valence-electron chi connectivity index (χ2n) is 13.4. The number of hydrogen-bond acceptors (Lipinski definition) is 9. The van der Waals surface area contributed by atoms with E-state index < -0.39 is 19.9 Å². The van der Waals surface area contributed by atoms with E-state index in [1.54, 1.807) is 19.2 Å². The van der Waals surface area contributed by atoms with Crippen LogP contribution in [0.2, 0.25) is 18.1 Å². The zero-order chi connectivity index (χ0) is 32.8. The van der Waals surface area contributed by atoms with Crippen LogP contribution < -0.4 is 10.1 Å². The lowest BCUT2D eigenvalue weighted by Crippen LogP contribution is -2.42. The van der Waals surface area contributed by atoms with E-state index in [1.165, 1.54) is 22.7 Å². The highest BCUT2D eigenvalue weighted by Gasteiger charge is 2.45. The van der Waals surface area contributed by atoms with Crippen LogP contribution in [0.4, 0.5) is 5.69 Å². The Labute approximate surface area is 276 Å². The lowest BCUT2D eigenvalue weighted by molar-refractivity contribution is -0.169. The van der Waals surface area contributed by atoms with E-state index in [9.17, 15) is 14.7 Å². The molecular weight excluding hydrogens is 625 g/mol. The molecule has 0 saturated heterocycles. The maximum absolute atomic E-state index is 13.3. The number of carbonyl (C=O) groups is 2. The van der Waals surface area contributed by atoms with Crippen LogP contribution in [0.15, 0.2) is 53.2 Å². The number of hydrogen-bond donors (Lipinski definition) is 2. The Balaban J connectivity index is 1.23. The maximum Gasteiger partial charge on any atom is 0.349 e. The van der Waals surface area contributed by atoms with Crippen molar-refractivity contribution >= 4 is 48.6 Å². The molecule has 0 aliphatic heterocycles. The van der Waals surface area contributed by atoms with Gasteiger partial charge in [-0.1, -0.05) is 39.0 Å². The maximum atomic E-state index is 13.3. The van der Waals surface area contributed by atoms with Crippen LogP contribution in [0.5, 0.6) is 5.75 Å². The summed E-state index contributed by atoms with van der Waals surface area (Å²) in [6.07, 6.45) is 3.23. The van der Waals surface area contributed by atoms with E-state index in [-0.39, 0.29) is 17.0 Å². The highest BCUT2D eigenvalue weighted by Crippen LogP contribution is 2.39. The smallest absolute Gasteiger partial charge is 0.349 e. The molecule has 3 aromatic rings. The molecule has 2 N–H and O–H groups in total. The predicted molar refractivity (Wildman–Crippen MR) is 185 cm³/mol. The molecule has 0 spiro atoms. The van der Waals surface area contributed by atoms with Crippen molar-refractivity contribution in [1.82, 2.24) is 4.90 Å². The Kier molecular flexibility index (Phi) is 11.7. The molecule has 8 nitrogen and oxygen atoms in total. The normalized spacial score (nSPS) is 17.7. The number of nitrogens with zero attached hydrogens (tertiary/aromatic N) is 1. The largest absolute Gasteiger partial charge is 0.496 e. The van der Waals surface area contributed by atoms with E-state index in [2.05, 4.69) is 44.1 Å². The Bertz CT molecular complexity index is 1360. The average molecular weight is 673 g/mol. The molecule has 0 unspecified atom stereocenters. The van der Waals surface area contributed by atoms with Crippen molar-refractivity contribution in [3.8, 4) is 5.75 Å². The van der Waals surface area contributed by atoms with Gasteiger partial charge in [-0.25, -0.2) is 4.79 Å². The molecule has 1 saturated carbocycles. The Hall–Kier alpha value is -2.54. The van der Waals surface area contributed by atoms with E-state index in [4.69, 9.17) is 13.9 Å². The van der Waals surface area contributed by atoms with Crippen molar-refractivity contribution in [3.05, 3.63) is 68.5 Å². The van der Waals surface area contributed by atoms with Crippen molar-refractivity contribution in [1.29, 1.82) is 0 Å². The van der Waals surface area contributed by atoms with Gasteiger partial charge in [0.25, 0.3) is 0 Å². The molecule has 2 heterocycles. The molecule has 45 heavy (non-hydrogen) atoms. The third kappa shape index (κ3) is 8.63. The number of esters is 1. The van der Waals surface area contributed by atoms with Gasteiger partial charge in [-0.05, 0) is 79.8 Å². The molecule has 1 amide bonds. The van der Waals surface area contributed by atoms with Crippen LogP contribution in [0, 0.1) is 0 Å². The Morgan fingerprint density at radius 3 is 2.18 bits per heavy atom. The van der Waals surface area contributed by atoms with Gasteiger partial charge in [0.05, 0.1) is 23.5 Å². The fourth-order valence-electron chi connectivity index (χ4n) is 5.23. The zero-order valence-electron chi connectivity index (χ0n) is 27.6. The summed E-state index contributed by atoms with van der Waals surface area (Å²) in [7, 11) is 1.77. The molecule has 1 aromatic carbocycles. The van der Waals surface area contributed by atoms with Gasteiger partial charge in [-0.2, -0.15) is 0 Å². The van der Waals surface area contributed by atoms with Crippen LogP contribution >= 0.6 is 22.7 Å². The van der Waals surface area contributed by atoms with Gasteiger partial charge in [0.15, 0.2) is 8.32 Å². The van der Waals surface area contributed by atoms with Crippen molar-refractivity contribution in [2.24, 2.45) is 0 Å². The number of benzene rings is 1. The number of anilines is 1. The second kappa shape index (κ2) is 14.9. The van der Waals surface area contributed by atoms with Crippen molar-refractivity contribution in [3.63, 3.8) is 0 Å². The number of thiophene rings is 2. The standard InChI is InChI=1S/C34H48N2O6S2Si/c1-33(2,3)45(6,7)41-23-24-12-13-25(22-28(24)40-5)35-31(37)18-19-36(4)26-14-16-27(17-15-26)42-32(38)34(39,29-10-8-20-43-29)30-11-9-21-44-30/h8-13,20-22,26-27,39H,14-19,23H2,1-7H3,(H,35,37)/t26-,27-. The van der Waals surface area contributed by atoms with Crippen LogP contribution in [0.25, 0.3) is 0 Å². The summed E-state index contributed by atoms with van der Waals surface area (Å²) in [4.78, 5) is 29.5. The number of ether oxygens (including phenoxy) is 2. The van der Waals surface area contributed by atoms with Crippen LogP contribution in [-0.4, -0.2) is 63.0 Å². The number of aliphatic hydroxyl groups is 1. The lowest BCUT2D eigenvalue weighted by atomic mass is 9.91. The van der Waals surface area contributed by atoms with E-state index in [0.717, 1.165) is 18.4 Å². The minimum atomic E-state index is -1.90. The summed E-state index contributed by atoms with van der Waals surface area (Å²) in [6, 6.07) is 13.2. The molecule has 2 aromatic heterocycles. The van der Waals surface area contributed by atoms with Gasteiger partial charge in [0.2, 0.25) is 11.5 Å². The van der Waals surface area contributed by atoms with E-state index in [1.807, 2.05) is 48.1 Å². The number of methoxy groups -OCH3 is 1. The number of carbonyl (C=O) groups excluding carboxylic acids is 2. The third-order valence-corrected chi connectivity index (χ3v) is 15.7. The van der Waals surface area contributed by atoms with E-state index in [0.29, 0.717) is 59.6 Å². The fourth-order valence-corrected chi connectivity index (χ4v) is 7.90. The summed E-state index contributed by atoms with van der Waals surface area (Å²) < 4.78 is 17.9. The first kappa shape index (κ1) is 35.3. The lowest BCUT2D eigenvalue weighted by Gasteiger charge is -2.36. The molecular formula is C34H48N2O6S2Si.